The first kappa shape index (κ1) is 16.9. The molecule has 0 spiro atoms. The minimum absolute atomic E-state index is 0. The fourth-order valence-electron chi connectivity index (χ4n) is 2.09. The van der Waals surface area contributed by atoms with Gasteiger partial charge in [-0.05, 0) is 28.1 Å². The molecule has 108 valence electrons. The number of hydrogen-bond acceptors (Lipinski definition) is 4. The quantitative estimate of drug-likeness (QED) is 0.883. The molecule has 1 amide bonds. The number of halogens is 2. The first-order valence-electron chi connectivity index (χ1n) is 6.13. The Bertz CT molecular complexity index is 407. The van der Waals surface area contributed by atoms with Gasteiger partial charge in [-0.25, -0.2) is 0 Å². The van der Waals surface area contributed by atoms with Gasteiger partial charge in [0.15, 0.2) is 0 Å². The van der Waals surface area contributed by atoms with Gasteiger partial charge in [-0.2, -0.15) is 0 Å². The molecule has 2 heterocycles. The van der Waals surface area contributed by atoms with Gasteiger partial charge in [0, 0.05) is 50.6 Å². The molecule has 2 N–H and O–H groups in total. The lowest BCUT2D eigenvalue weighted by Gasteiger charge is -2.34. The highest BCUT2D eigenvalue weighted by Gasteiger charge is 2.20. The molecule has 2 rings (SSSR count). The van der Waals surface area contributed by atoms with Gasteiger partial charge in [0.2, 0.25) is 5.91 Å². The van der Waals surface area contributed by atoms with Crippen molar-refractivity contribution in [2.75, 3.05) is 32.7 Å². The summed E-state index contributed by atoms with van der Waals surface area (Å²) in [6, 6.07) is 4.24. The Labute approximate surface area is 132 Å². The molecule has 1 aromatic heterocycles. The highest BCUT2D eigenvalue weighted by Crippen LogP contribution is 2.23. The smallest absolute Gasteiger partial charge is 0.223 e. The molecule has 0 radical (unpaired) electrons. The largest absolute Gasteiger partial charge is 0.340 e. The molecular weight excluding hydrogens is 350 g/mol. The summed E-state index contributed by atoms with van der Waals surface area (Å²) in [5.74, 6) is 0.191. The van der Waals surface area contributed by atoms with Crippen molar-refractivity contribution >= 4 is 45.6 Å². The molecule has 0 aromatic carbocycles. The van der Waals surface area contributed by atoms with Gasteiger partial charge in [-0.15, -0.1) is 23.7 Å². The molecule has 1 aromatic rings. The van der Waals surface area contributed by atoms with Crippen LogP contribution in [-0.4, -0.2) is 48.4 Å². The molecule has 1 aliphatic heterocycles. The molecule has 0 bridgehead atoms. The summed E-state index contributed by atoms with van der Waals surface area (Å²) in [4.78, 5) is 17.4. The lowest BCUT2D eigenvalue weighted by molar-refractivity contribution is -0.132. The molecule has 4 nitrogen and oxygen atoms in total. The molecule has 7 heteroatoms. The van der Waals surface area contributed by atoms with Gasteiger partial charge in [0.25, 0.3) is 0 Å². The van der Waals surface area contributed by atoms with Gasteiger partial charge in [-0.1, -0.05) is 0 Å². The highest BCUT2D eigenvalue weighted by atomic mass is 79.9. The van der Waals surface area contributed by atoms with Crippen molar-refractivity contribution in [3.63, 3.8) is 0 Å². The van der Waals surface area contributed by atoms with Crippen molar-refractivity contribution in [2.45, 2.75) is 13.0 Å². The minimum Gasteiger partial charge on any atom is -0.340 e. The number of carbonyl (C=O) groups excluding carboxylic acids is 1. The maximum Gasteiger partial charge on any atom is 0.223 e. The van der Waals surface area contributed by atoms with Gasteiger partial charge in [0.05, 0.1) is 3.79 Å². The maximum absolute atomic E-state index is 11.7. The first-order chi connectivity index (χ1) is 8.69. The number of piperazine rings is 1. The molecule has 0 aliphatic carbocycles. The monoisotopic (exact) mass is 367 g/mol. The van der Waals surface area contributed by atoms with Crippen molar-refractivity contribution in [1.29, 1.82) is 0 Å². The van der Waals surface area contributed by atoms with E-state index in [9.17, 15) is 4.79 Å². The van der Waals surface area contributed by atoms with Crippen LogP contribution in [0.25, 0.3) is 0 Å². The van der Waals surface area contributed by atoms with Crippen LogP contribution < -0.4 is 5.73 Å². The Morgan fingerprint density at radius 1 is 1.32 bits per heavy atom. The summed E-state index contributed by atoms with van der Waals surface area (Å²) in [7, 11) is 0. The van der Waals surface area contributed by atoms with Crippen molar-refractivity contribution in [2.24, 2.45) is 5.73 Å². The summed E-state index contributed by atoms with van der Waals surface area (Å²) >= 11 is 5.25. The maximum atomic E-state index is 11.7. The molecule has 1 fully saturated rings. The molecule has 0 unspecified atom stereocenters. The zero-order valence-corrected chi connectivity index (χ0v) is 13.9. The summed E-state index contributed by atoms with van der Waals surface area (Å²) in [5.41, 5.74) is 5.41. The molecule has 1 aliphatic rings. The number of amides is 1. The third-order valence-electron chi connectivity index (χ3n) is 3.09. The zero-order valence-electron chi connectivity index (χ0n) is 10.7. The normalized spacial score (nSPS) is 16.2. The van der Waals surface area contributed by atoms with E-state index in [0.29, 0.717) is 13.0 Å². The van der Waals surface area contributed by atoms with Crippen LogP contribution in [0.15, 0.2) is 15.9 Å². The van der Waals surface area contributed by atoms with Crippen LogP contribution in [0.3, 0.4) is 0 Å². The van der Waals surface area contributed by atoms with Crippen molar-refractivity contribution in [3.8, 4) is 0 Å². The van der Waals surface area contributed by atoms with E-state index < -0.39 is 0 Å². The van der Waals surface area contributed by atoms with Crippen molar-refractivity contribution < 1.29 is 4.79 Å². The highest BCUT2D eigenvalue weighted by molar-refractivity contribution is 9.11. The Balaban J connectivity index is 0.00000180. The summed E-state index contributed by atoms with van der Waals surface area (Å²) in [6.07, 6.45) is 0.470. The van der Waals surface area contributed by atoms with Gasteiger partial charge in [-0.3, -0.25) is 9.69 Å². The number of thiophene rings is 1. The van der Waals surface area contributed by atoms with Crippen LogP contribution >= 0.6 is 39.7 Å². The van der Waals surface area contributed by atoms with Crippen molar-refractivity contribution in [3.05, 3.63) is 20.8 Å². The van der Waals surface area contributed by atoms with Crippen LogP contribution in [0.2, 0.25) is 0 Å². The van der Waals surface area contributed by atoms with Crippen LogP contribution in [0, 0.1) is 0 Å². The third-order valence-corrected chi connectivity index (χ3v) is 4.70. The minimum atomic E-state index is 0. The SMILES string of the molecule is Cl.NCCC(=O)N1CCN(Cc2ccc(Br)s2)CC1. The number of hydrogen-bond donors (Lipinski definition) is 1. The van der Waals surface area contributed by atoms with Crippen molar-refractivity contribution in [1.82, 2.24) is 9.80 Å². The van der Waals surface area contributed by atoms with Crippen LogP contribution in [0.1, 0.15) is 11.3 Å². The fraction of sp³-hybridized carbons (Fsp3) is 0.583. The topological polar surface area (TPSA) is 49.6 Å². The van der Waals surface area contributed by atoms with Gasteiger partial charge in [0.1, 0.15) is 0 Å². The standard InChI is InChI=1S/C12H18BrN3OS.ClH/c13-11-2-1-10(18-11)9-15-5-7-16(8-6-15)12(17)3-4-14;/h1-2H,3-9,14H2;1H. The van der Waals surface area contributed by atoms with Gasteiger partial charge >= 0.3 is 0 Å². The van der Waals surface area contributed by atoms with E-state index >= 15 is 0 Å². The summed E-state index contributed by atoms with van der Waals surface area (Å²) in [5, 5.41) is 0. The van der Waals surface area contributed by atoms with Crippen LogP contribution in [-0.2, 0) is 11.3 Å². The van der Waals surface area contributed by atoms with E-state index in [1.54, 1.807) is 11.3 Å². The molecule has 0 saturated carbocycles. The second kappa shape index (κ2) is 8.21. The van der Waals surface area contributed by atoms with E-state index in [1.165, 1.54) is 8.66 Å². The van der Waals surface area contributed by atoms with E-state index in [-0.39, 0.29) is 18.3 Å². The number of nitrogens with two attached hydrogens (primary N) is 1. The number of nitrogens with zero attached hydrogens (tertiary/aromatic N) is 2. The second-order valence-electron chi connectivity index (χ2n) is 4.40. The molecule has 19 heavy (non-hydrogen) atoms. The summed E-state index contributed by atoms with van der Waals surface area (Å²) in [6.45, 7) is 4.98. The third kappa shape index (κ3) is 5.04. The summed E-state index contributed by atoms with van der Waals surface area (Å²) < 4.78 is 1.18. The fourth-order valence-corrected chi connectivity index (χ4v) is 3.62. The number of rotatable bonds is 4. The lowest BCUT2D eigenvalue weighted by atomic mass is 10.2. The van der Waals surface area contributed by atoms with E-state index in [2.05, 4.69) is 33.0 Å². The van der Waals surface area contributed by atoms with Crippen LogP contribution in [0.5, 0.6) is 0 Å². The average molecular weight is 369 g/mol. The van der Waals surface area contributed by atoms with Crippen LogP contribution in [0.4, 0.5) is 0 Å². The van der Waals surface area contributed by atoms with E-state index in [1.807, 2.05) is 4.90 Å². The Kier molecular flexibility index (Phi) is 7.31. The predicted molar refractivity (Wildman–Crippen MR) is 84.8 cm³/mol. The van der Waals surface area contributed by atoms with E-state index in [0.717, 1.165) is 32.7 Å². The lowest BCUT2D eigenvalue weighted by Crippen LogP contribution is -2.48. The molecule has 1 saturated heterocycles. The Morgan fingerprint density at radius 2 is 2.00 bits per heavy atom. The Hall–Kier alpha value is -0.140. The number of carbonyl (C=O) groups is 1. The van der Waals surface area contributed by atoms with E-state index in [4.69, 9.17) is 5.73 Å². The molecular formula is C12H19BrClN3OS. The van der Waals surface area contributed by atoms with Gasteiger partial charge < -0.3 is 10.6 Å². The zero-order chi connectivity index (χ0) is 13.0. The predicted octanol–water partition coefficient (Wildman–Crippen LogP) is 1.93. The Morgan fingerprint density at radius 3 is 2.53 bits per heavy atom. The second-order valence-corrected chi connectivity index (χ2v) is 6.95. The average Bonchev–Trinajstić information content (AvgIpc) is 2.76. The first-order valence-corrected chi connectivity index (χ1v) is 7.74. The molecule has 0 atom stereocenters.